The maximum absolute atomic E-state index is 13.1. The van der Waals surface area contributed by atoms with E-state index in [0.717, 1.165) is 28.8 Å². The van der Waals surface area contributed by atoms with Crippen LogP contribution in [0, 0.1) is 31.3 Å². The van der Waals surface area contributed by atoms with Gasteiger partial charge in [-0.3, -0.25) is 0 Å². The van der Waals surface area contributed by atoms with Gasteiger partial charge in [0.2, 0.25) is 0 Å². The third-order valence-corrected chi connectivity index (χ3v) is 3.03. The molecule has 0 aliphatic carbocycles. The van der Waals surface area contributed by atoms with Crippen molar-refractivity contribution >= 4 is 5.69 Å². The molecule has 0 spiro atoms. The second-order valence-corrected chi connectivity index (χ2v) is 4.69. The van der Waals surface area contributed by atoms with E-state index >= 15 is 0 Å². The summed E-state index contributed by atoms with van der Waals surface area (Å²) in [6.07, 6.45) is 0. The predicted molar refractivity (Wildman–Crippen MR) is 71.2 cm³/mol. The van der Waals surface area contributed by atoms with Crippen LogP contribution in [0.4, 0.5) is 18.9 Å². The molecule has 0 heterocycles. The van der Waals surface area contributed by atoms with Gasteiger partial charge < -0.3 is 10.4 Å². The molecular weight excluding hydrogens is 267 g/mol. The second-order valence-electron chi connectivity index (χ2n) is 4.69. The summed E-state index contributed by atoms with van der Waals surface area (Å²) in [5.74, 6) is -3.71. The van der Waals surface area contributed by atoms with Crippen molar-refractivity contribution in [1.82, 2.24) is 0 Å². The standard InChI is InChI=1S/C15H14F3NO/c1-8-3-10(4-9(2)15(8)20)7-19-11-5-12(16)14(18)13(17)6-11/h3-6,19-20H,7H2,1-2H3. The molecule has 2 rings (SSSR count). The van der Waals surface area contributed by atoms with Crippen LogP contribution in [0.3, 0.4) is 0 Å². The summed E-state index contributed by atoms with van der Waals surface area (Å²) in [6, 6.07) is 5.34. The van der Waals surface area contributed by atoms with Gasteiger partial charge in [-0.25, -0.2) is 13.2 Å². The summed E-state index contributed by atoms with van der Waals surface area (Å²) in [4.78, 5) is 0. The maximum Gasteiger partial charge on any atom is 0.194 e. The van der Waals surface area contributed by atoms with E-state index < -0.39 is 17.5 Å². The zero-order chi connectivity index (χ0) is 14.9. The Hall–Kier alpha value is -2.17. The number of aryl methyl sites for hydroxylation is 2. The molecule has 0 amide bonds. The highest BCUT2D eigenvalue weighted by molar-refractivity contribution is 5.47. The van der Waals surface area contributed by atoms with E-state index in [4.69, 9.17) is 0 Å². The molecule has 0 aliphatic rings. The SMILES string of the molecule is Cc1cc(CNc2cc(F)c(F)c(F)c2)cc(C)c1O. The summed E-state index contributed by atoms with van der Waals surface area (Å²) in [6.45, 7) is 3.85. The molecule has 0 saturated heterocycles. The van der Waals surface area contributed by atoms with Gasteiger partial charge in [0.25, 0.3) is 0 Å². The van der Waals surface area contributed by atoms with Crippen LogP contribution in [0.1, 0.15) is 16.7 Å². The first kappa shape index (κ1) is 14.2. The lowest BCUT2D eigenvalue weighted by Crippen LogP contribution is -2.02. The van der Waals surface area contributed by atoms with Crippen molar-refractivity contribution in [3.8, 4) is 5.75 Å². The number of anilines is 1. The summed E-state index contributed by atoms with van der Waals surface area (Å²) in [5.41, 5.74) is 2.45. The Bertz CT molecular complexity index is 552. The number of rotatable bonds is 3. The number of phenolic OH excluding ortho intramolecular Hbond substituents is 1. The molecule has 0 radical (unpaired) electrons. The summed E-state index contributed by atoms with van der Waals surface area (Å²) < 4.78 is 38.9. The number of hydrogen-bond acceptors (Lipinski definition) is 2. The van der Waals surface area contributed by atoms with Crippen molar-refractivity contribution in [3.63, 3.8) is 0 Å². The Morgan fingerprint density at radius 1 is 0.950 bits per heavy atom. The first-order chi connectivity index (χ1) is 9.38. The summed E-state index contributed by atoms with van der Waals surface area (Å²) in [7, 11) is 0. The zero-order valence-corrected chi connectivity index (χ0v) is 11.1. The van der Waals surface area contributed by atoms with E-state index in [9.17, 15) is 18.3 Å². The highest BCUT2D eigenvalue weighted by Crippen LogP contribution is 2.24. The normalized spacial score (nSPS) is 10.7. The third kappa shape index (κ3) is 2.87. The van der Waals surface area contributed by atoms with Gasteiger partial charge in [-0.1, -0.05) is 12.1 Å². The van der Waals surface area contributed by atoms with Gasteiger partial charge in [0.05, 0.1) is 0 Å². The fourth-order valence-electron chi connectivity index (χ4n) is 2.01. The van der Waals surface area contributed by atoms with E-state index in [1.807, 2.05) is 0 Å². The zero-order valence-electron chi connectivity index (χ0n) is 11.1. The van der Waals surface area contributed by atoms with Crippen molar-refractivity contribution in [2.75, 3.05) is 5.32 Å². The second kappa shape index (κ2) is 5.45. The smallest absolute Gasteiger partial charge is 0.194 e. The first-order valence-electron chi connectivity index (χ1n) is 6.06. The largest absolute Gasteiger partial charge is 0.507 e. The Morgan fingerprint density at radius 2 is 1.45 bits per heavy atom. The topological polar surface area (TPSA) is 32.3 Å². The van der Waals surface area contributed by atoms with Crippen LogP contribution in [0.15, 0.2) is 24.3 Å². The van der Waals surface area contributed by atoms with Crippen LogP contribution in [0.2, 0.25) is 0 Å². The van der Waals surface area contributed by atoms with Crippen LogP contribution < -0.4 is 5.32 Å². The van der Waals surface area contributed by atoms with Crippen LogP contribution in [-0.2, 0) is 6.54 Å². The lowest BCUT2D eigenvalue weighted by molar-refractivity contribution is 0.447. The number of phenols is 1. The van der Waals surface area contributed by atoms with Gasteiger partial charge >= 0.3 is 0 Å². The minimum atomic E-state index is -1.48. The molecule has 0 saturated carbocycles. The Morgan fingerprint density at radius 3 is 1.95 bits per heavy atom. The summed E-state index contributed by atoms with van der Waals surface area (Å²) >= 11 is 0. The Balaban J connectivity index is 2.17. The van der Waals surface area contributed by atoms with E-state index in [1.54, 1.807) is 26.0 Å². The average molecular weight is 281 g/mol. The van der Waals surface area contributed by atoms with Crippen molar-refractivity contribution in [2.45, 2.75) is 20.4 Å². The van der Waals surface area contributed by atoms with Crippen LogP contribution in [-0.4, -0.2) is 5.11 Å². The van der Waals surface area contributed by atoms with Crippen LogP contribution in [0.25, 0.3) is 0 Å². The molecule has 0 aliphatic heterocycles. The average Bonchev–Trinajstić information content (AvgIpc) is 2.39. The molecule has 0 unspecified atom stereocenters. The molecule has 106 valence electrons. The number of halogens is 3. The minimum absolute atomic E-state index is 0.157. The van der Waals surface area contributed by atoms with Gasteiger partial charge in [-0.2, -0.15) is 0 Å². The monoisotopic (exact) mass is 281 g/mol. The molecule has 0 bridgehead atoms. The molecule has 0 atom stereocenters. The number of nitrogens with one attached hydrogen (secondary N) is 1. The fourth-order valence-corrected chi connectivity index (χ4v) is 2.01. The number of aromatic hydroxyl groups is 1. The van der Waals surface area contributed by atoms with Crippen molar-refractivity contribution in [3.05, 3.63) is 58.4 Å². The van der Waals surface area contributed by atoms with Crippen molar-refractivity contribution in [1.29, 1.82) is 0 Å². The van der Waals surface area contributed by atoms with Crippen molar-refractivity contribution < 1.29 is 18.3 Å². The van der Waals surface area contributed by atoms with E-state index in [0.29, 0.717) is 6.54 Å². The van der Waals surface area contributed by atoms with E-state index in [-0.39, 0.29) is 11.4 Å². The highest BCUT2D eigenvalue weighted by atomic mass is 19.2. The molecule has 2 aromatic rings. The Kier molecular flexibility index (Phi) is 3.88. The lowest BCUT2D eigenvalue weighted by atomic mass is 10.1. The molecule has 0 aromatic heterocycles. The van der Waals surface area contributed by atoms with Gasteiger partial charge in [0.1, 0.15) is 5.75 Å². The molecule has 20 heavy (non-hydrogen) atoms. The van der Waals surface area contributed by atoms with Gasteiger partial charge in [-0.05, 0) is 30.5 Å². The molecule has 5 heteroatoms. The fraction of sp³-hybridized carbons (Fsp3) is 0.200. The van der Waals surface area contributed by atoms with Crippen molar-refractivity contribution in [2.24, 2.45) is 0 Å². The van der Waals surface area contributed by atoms with Crippen LogP contribution in [0.5, 0.6) is 5.75 Å². The highest BCUT2D eigenvalue weighted by Gasteiger charge is 2.10. The molecule has 0 fully saturated rings. The predicted octanol–water partition coefficient (Wildman–Crippen LogP) is 4.04. The third-order valence-electron chi connectivity index (χ3n) is 3.03. The Labute approximate surface area is 114 Å². The molecule has 2 nitrogen and oxygen atoms in total. The quantitative estimate of drug-likeness (QED) is 0.832. The molecular formula is C15H14F3NO. The maximum atomic E-state index is 13.1. The number of benzene rings is 2. The minimum Gasteiger partial charge on any atom is -0.507 e. The van der Waals surface area contributed by atoms with Gasteiger partial charge in [0, 0.05) is 24.4 Å². The van der Waals surface area contributed by atoms with E-state index in [1.165, 1.54) is 0 Å². The molecule has 2 N–H and O–H groups in total. The van der Waals surface area contributed by atoms with E-state index in [2.05, 4.69) is 5.32 Å². The summed E-state index contributed by atoms with van der Waals surface area (Å²) in [5, 5.41) is 12.5. The van der Waals surface area contributed by atoms with Gasteiger partial charge in [0.15, 0.2) is 17.5 Å². The lowest BCUT2D eigenvalue weighted by Gasteiger charge is -2.10. The van der Waals surface area contributed by atoms with Gasteiger partial charge in [-0.15, -0.1) is 0 Å². The molecule has 2 aromatic carbocycles. The first-order valence-corrected chi connectivity index (χ1v) is 6.06. The van der Waals surface area contributed by atoms with Crippen LogP contribution >= 0.6 is 0 Å². The number of hydrogen-bond donors (Lipinski definition) is 2.